The van der Waals surface area contributed by atoms with Crippen LogP contribution in [0, 0.1) is 11.8 Å². The van der Waals surface area contributed by atoms with E-state index >= 15 is 0 Å². The number of fused-ring (bicyclic) bond motifs is 1. The lowest BCUT2D eigenvalue weighted by Crippen LogP contribution is -2.39. The fraction of sp³-hybridized carbons (Fsp3) is 0.455. The molecular formula is C22H25F3N6O3. The van der Waals surface area contributed by atoms with Crippen LogP contribution in [0.15, 0.2) is 36.5 Å². The second-order valence-electron chi connectivity index (χ2n) is 8.40. The molecule has 182 valence electrons. The summed E-state index contributed by atoms with van der Waals surface area (Å²) >= 11 is 0. The normalized spacial score (nSPS) is 20.8. The summed E-state index contributed by atoms with van der Waals surface area (Å²) in [6.45, 7) is 2.71. The van der Waals surface area contributed by atoms with Crippen LogP contribution in [-0.4, -0.2) is 69.7 Å². The van der Waals surface area contributed by atoms with Crippen molar-refractivity contribution in [3.63, 3.8) is 0 Å². The molecule has 3 heterocycles. The van der Waals surface area contributed by atoms with E-state index in [0.717, 1.165) is 12.8 Å². The van der Waals surface area contributed by atoms with Gasteiger partial charge in [-0.25, -0.2) is 4.79 Å². The Labute approximate surface area is 193 Å². The minimum Gasteiger partial charge on any atom is -0.406 e. The average molecular weight is 478 g/mol. The van der Waals surface area contributed by atoms with Crippen LogP contribution >= 0.6 is 0 Å². The summed E-state index contributed by atoms with van der Waals surface area (Å²) in [7, 11) is 0. The van der Waals surface area contributed by atoms with Gasteiger partial charge in [0.15, 0.2) is 0 Å². The largest absolute Gasteiger partial charge is 0.573 e. The van der Waals surface area contributed by atoms with E-state index in [9.17, 15) is 22.8 Å². The Balaban J connectivity index is 1.26. The number of benzene rings is 1. The van der Waals surface area contributed by atoms with E-state index in [2.05, 4.69) is 25.5 Å². The van der Waals surface area contributed by atoms with Crippen LogP contribution in [0.25, 0.3) is 6.08 Å². The van der Waals surface area contributed by atoms with Crippen LogP contribution in [0.1, 0.15) is 24.1 Å². The number of nitrogens with one attached hydrogen (secondary N) is 2. The molecule has 2 atom stereocenters. The number of hydrogen-bond donors (Lipinski definition) is 2. The van der Waals surface area contributed by atoms with Gasteiger partial charge in [-0.2, -0.15) is 15.4 Å². The molecule has 2 saturated heterocycles. The maximum atomic E-state index is 12.7. The van der Waals surface area contributed by atoms with Crippen molar-refractivity contribution in [3.05, 3.63) is 47.8 Å². The Morgan fingerprint density at radius 2 is 1.91 bits per heavy atom. The van der Waals surface area contributed by atoms with Crippen molar-refractivity contribution in [2.75, 3.05) is 26.2 Å². The predicted molar refractivity (Wildman–Crippen MR) is 115 cm³/mol. The molecule has 2 aliphatic heterocycles. The molecule has 0 bridgehead atoms. The number of aromatic amines is 1. The van der Waals surface area contributed by atoms with E-state index in [-0.39, 0.29) is 17.7 Å². The second-order valence-corrected chi connectivity index (χ2v) is 8.40. The molecule has 9 nitrogen and oxygen atoms in total. The lowest BCUT2D eigenvalue weighted by molar-refractivity contribution is -0.274. The van der Waals surface area contributed by atoms with Gasteiger partial charge in [-0.05, 0) is 48.4 Å². The van der Waals surface area contributed by atoms with E-state index in [0.29, 0.717) is 55.8 Å². The number of carbonyl (C=O) groups is 2. The number of urea groups is 1. The van der Waals surface area contributed by atoms with Crippen LogP contribution in [0.2, 0.25) is 0 Å². The maximum Gasteiger partial charge on any atom is 0.573 e. The average Bonchev–Trinajstić information content (AvgIpc) is 3.41. The first-order valence-electron chi connectivity index (χ1n) is 11.0. The fourth-order valence-corrected chi connectivity index (χ4v) is 4.41. The van der Waals surface area contributed by atoms with Crippen LogP contribution < -0.4 is 10.1 Å². The third kappa shape index (κ3) is 6.27. The lowest BCUT2D eigenvalue weighted by Gasteiger charge is -2.21. The maximum absolute atomic E-state index is 12.7. The highest BCUT2D eigenvalue weighted by molar-refractivity contribution is 5.91. The summed E-state index contributed by atoms with van der Waals surface area (Å²) in [6.07, 6.45) is 1.21. The molecule has 2 fully saturated rings. The predicted octanol–water partition coefficient (Wildman–Crippen LogP) is 2.80. The molecule has 2 aliphatic rings. The number of aromatic nitrogens is 3. The minimum absolute atomic E-state index is 0.135. The first-order chi connectivity index (χ1) is 16.3. The Morgan fingerprint density at radius 1 is 1.18 bits per heavy atom. The molecule has 0 spiro atoms. The van der Waals surface area contributed by atoms with E-state index in [4.69, 9.17) is 0 Å². The molecule has 0 aliphatic carbocycles. The van der Waals surface area contributed by atoms with Crippen molar-refractivity contribution in [2.24, 2.45) is 11.8 Å². The van der Waals surface area contributed by atoms with Crippen LogP contribution in [0.3, 0.4) is 0 Å². The Morgan fingerprint density at radius 3 is 2.56 bits per heavy atom. The molecule has 12 heteroatoms. The van der Waals surface area contributed by atoms with E-state index in [1.54, 1.807) is 17.2 Å². The van der Waals surface area contributed by atoms with Gasteiger partial charge >= 0.3 is 12.4 Å². The highest BCUT2D eigenvalue weighted by atomic mass is 19.4. The smallest absolute Gasteiger partial charge is 0.406 e. The summed E-state index contributed by atoms with van der Waals surface area (Å²) in [4.78, 5) is 28.7. The quantitative estimate of drug-likeness (QED) is 0.644. The summed E-state index contributed by atoms with van der Waals surface area (Å²) in [5, 5.41) is 13.0. The number of alkyl halides is 3. The standard InChI is InChI=1S/C22H25F3N6O3/c23-22(24,25)34-19-3-1-2-15(10-19)4-5-20(32)30-8-6-16-13-31(14-17(16)7-9-30)21(33)26-11-18-12-27-29-28-18/h1-5,10,12,16-17H,6-9,11,13-14H2,(H,26,33)(H,27,28,29)/b5-4+/t16-,17+. The van der Waals surface area contributed by atoms with E-state index in [1.165, 1.54) is 30.4 Å². The van der Waals surface area contributed by atoms with Gasteiger partial charge in [0.1, 0.15) is 11.4 Å². The zero-order valence-corrected chi connectivity index (χ0v) is 18.3. The topological polar surface area (TPSA) is 103 Å². The van der Waals surface area contributed by atoms with Gasteiger partial charge in [-0.3, -0.25) is 4.79 Å². The van der Waals surface area contributed by atoms with Crippen LogP contribution in [0.5, 0.6) is 5.75 Å². The number of nitrogens with zero attached hydrogens (tertiary/aromatic N) is 4. The summed E-state index contributed by atoms with van der Waals surface area (Å²) in [5.74, 6) is 0.107. The molecule has 2 aromatic rings. The highest BCUT2D eigenvalue weighted by Crippen LogP contribution is 2.32. The van der Waals surface area contributed by atoms with Gasteiger partial charge in [-0.15, -0.1) is 13.2 Å². The zero-order valence-electron chi connectivity index (χ0n) is 18.3. The van der Waals surface area contributed by atoms with Crippen molar-refractivity contribution >= 4 is 18.0 Å². The highest BCUT2D eigenvalue weighted by Gasteiger charge is 2.37. The zero-order chi connectivity index (χ0) is 24.1. The number of amides is 3. The molecule has 2 N–H and O–H groups in total. The van der Waals surface area contributed by atoms with Crippen molar-refractivity contribution in [1.29, 1.82) is 0 Å². The molecule has 1 aromatic heterocycles. The number of H-pyrrole nitrogens is 1. The van der Waals surface area contributed by atoms with Crippen molar-refractivity contribution < 1.29 is 27.5 Å². The van der Waals surface area contributed by atoms with E-state index < -0.39 is 6.36 Å². The van der Waals surface area contributed by atoms with Crippen molar-refractivity contribution in [2.45, 2.75) is 25.7 Å². The second kappa shape index (κ2) is 10.1. The SMILES string of the molecule is O=C(/C=C/c1cccc(OC(F)(F)F)c1)N1CC[C@@H]2CN(C(=O)NCc3cn[nH]n3)C[C@@H]2CC1. The minimum atomic E-state index is -4.77. The molecule has 1 aromatic carbocycles. The summed E-state index contributed by atoms with van der Waals surface area (Å²) in [5.41, 5.74) is 1.10. The van der Waals surface area contributed by atoms with Crippen molar-refractivity contribution in [3.8, 4) is 5.75 Å². The number of hydrogen-bond acceptors (Lipinski definition) is 5. The number of carbonyl (C=O) groups excluding carboxylic acids is 2. The van der Waals surface area contributed by atoms with Gasteiger partial charge < -0.3 is 19.9 Å². The summed E-state index contributed by atoms with van der Waals surface area (Å²) in [6, 6.07) is 5.34. The first kappa shape index (κ1) is 23.6. The Bertz CT molecular complexity index is 1010. The van der Waals surface area contributed by atoms with Gasteiger partial charge in [0.05, 0.1) is 12.7 Å². The molecule has 34 heavy (non-hydrogen) atoms. The molecule has 0 unspecified atom stereocenters. The number of ether oxygens (including phenoxy) is 1. The van der Waals surface area contributed by atoms with Crippen LogP contribution in [0.4, 0.5) is 18.0 Å². The monoisotopic (exact) mass is 478 g/mol. The van der Waals surface area contributed by atoms with Crippen LogP contribution in [-0.2, 0) is 11.3 Å². The van der Waals surface area contributed by atoms with E-state index in [1.807, 2.05) is 4.90 Å². The molecule has 0 radical (unpaired) electrons. The number of rotatable bonds is 5. The van der Waals surface area contributed by atoms with Gasteiger partial charge in [-0.1, -0.05) is 12.1 Å². The molecule has 4 rings (SSSR count). The number of halogens is 3. The fourth-order valence-electron chi connectivity index (χ4n) is 4.41. The third-order valence-electron chi connectivity index (χ3n) is 6.11. The molecule has 0 saturated carbocycles. The van der Waals surface area contributed by atoms with Gasteiger partial charge in [0, 0.05) is 32.3 Å². The number of likely N-dealkylation sites (tertiary alicyclic amines) is 2. The first-order valence-corrected chi connectivity index (χ1v) is 11.0. The molecular weight excluding hydrogens is 453 g/mol. The van der Waals surface area contributed by atoms with Gasteiger partial charge in [0.2, 0.25) is 5.91 Å². The summed E-state index contributed by atoms with van der Waals surface area (Å²) < 4.78 is 41.1. The molecule has 3 amide bonds. The Hall–Kier alpha value is -3.57. The third-order valence-corrected chi connectivity index (χ3v) is 6.11. The van der Waals surface area contributed by atoms with Gasteiger partial charge in [0.25, 0.3) is 0 Å². The Kier molecular flexibility index (Phi) is 7.03. The van der Waals surface area contributed by atoms with Crippen molar-refractivity contribution in [1.82, 2.24) is 30.5 Å². The lowest BCUT2D eigenvalue weighted by atomic mass is 9.92.